The molecule has 0 saturated heterocycles. The van der Waals surface area contributed by atoms with Crippen LogP contribution >= 0.6 is 15.9 Å². The molecule has 0 atom stereocenters. The van der Waals surface area contributed by atoms with Crippen molar-refractivity contribution in [3.05, 3.63) is 40.0 Å². The summed E-state index contributed by atoms with van der Waals surface area (Å²) < 4.78 is 1.09. The average molecular weight is 319 g/mol. The van der Waals surface area contributed by atoms with Gasteiger partial charge in [0.05, 0.1) is 0 Å². The zero-order chi connectivity index (χ0) is 13.4. The molecular weight excluding hydrogens is 304 g/mol. The minimum atomic E-state index is 0.574. The summed E-state index contributed by atoms with van der Waals surface area (Å²) in [7, 11) is 0. The Hall–Kier alpha value is -1.46. The number of hydrogen-bond acceptors (Lipinski definition) is 4. The lowest BCUT2D eigenvalue weighted by molar-refractivity contribution is 0.991. The molecule has 0 radical (unpaired) electrons. The fourth-order valence-electron chi connectivity index (χ4n) is 2.04. The van der Waals surface area contributed by atoms with Crippen LogP contribution in [0.4, 0.5) is 5.82 Å². The standard InChI is InChI=1S/C14H15BrN4/c1-8-6-10(4-5-11(8)15)14-17-12(9-2-3-9)7-13(18-14)19-16/h4-7,9H,2-3,16H2,1H3,(H,17,18,19). The maximum absolute atomic E-state index is 5.49. The quantitative estimate of drug-likeness (QED) is 0.672. The average Bonchev–Trinajstić information content (AvgIpc) is 3.26. The third kappa shape index (κ3) is 2.62. The Morgan fingerprint density at radius 3 is 2.68 bits per heavy atom. The Labute approximate surface area is 120 Å². The van der Waals surface area contributed by atoms with Gasteiger partial charge in [-0.15, -0.1) is 0 Å². The van der Waals surface area contributed by atoms with Crippen LogP contribution in [0.5, 0.6) is 0 Å². The second-order valence-corrected chi connectivity index (χ2v) is 5.74. The summed E-state index contributed by atoms with van der Waals surface area (Å²) in [5, 5.41) is 0. The van der Waals surface area contributed by atoms with Crippen LogP contribution in [0.15, 0.2) is 28.7 Å². The lowest BCUT2D eigenvalue weighted by Crippen LogP contribution is -2.10. The Bertz CT molecular complexity index is 623. The lowest BCUT2D eigenvalue weighted by atomic mass is 10.1. The van der Waals surface area contributed by atoms with Gasteiger partial charge < -0.3 is 5.43 Å². The minimum Gasteiger partial charge on any atom is -0.308 e. The van der Waals surface area contributed by atoms with E-state index in [-0.39, 0.29) is 0 Å². The largest absolute Gasteiger partial charge is 0.308 e. The van der Waals surface area contributed by atoms with Crippen LogP contribution < -0.4 is 11.3 Å². The van der Waals surface area contributed by atoms with Crippen molar-refractivity contribution in [1.29, 1.82) is 0 Å². The molecule has 0 aliphatic heterocycles. The first-order chi connectivity index (χ1) is 9.17. The fraction of sp³-hybridized carbons (Fsp3) is 0.286. The van der Waals surface area contributed by atoms with Crippen molar-refractivity contribution < 1.29 is 0 Å². The molecule has 1 saturated carbocycles. The van der Waals surface area contributed by atoms with E-state index >= 15 is 0 Å². The van der Waals surface area contributed by atoms with Crippen molar-refractivity contribution >= 4 is 21.7 Å². The molecule has 19 heavy (non-hydrogen) atoms. The zero-order valence-corrected chi connectivity index (χ0v) is 12.2. The predicted octanol–water partition coefficient (Wildman–Crippen LogP) is 3.38. The molecule has 1 aromatic carbocycles. The summed E-state index contributed by atoms with van der Waals surface area (Å²) in [5.41, 5.74) is 5.89. The van der Waals surface area contributed by atoms with Crippen molar-refractivity contribution in [1.82, 2.24) is 9.97 Å². The minimum absolute atomic E-state index is 0.574. The zero-order valence-electron chi connectivity index (χ0n) is 10.7. The van der Waals surface area contributed by atoms with Crippen LogP contribution in [0.2, 0.25) is 0 Å². The van der Waals surface area contributed by atoms with Gasteiger partial charge in [0.15, 0.2) is 5.82 Å². The van der Waals surface area contributed by atoms with Crippen LogP contribution in [-0.2, 0) is 0 Å². The van der Waals surface area contributed by atoms with Gasteiger partial charge in [0.2, 0.25) is 0 Å². The number of aromatic nitrogens is 2. The van der Waals surface area contributed by atoms with Crippen molar-refractivity contribution in [3.8, 4) is 11.4 Å². The molecule has 0 spiro atoms. The number of hydrazine groups is 1. The Morgan fingerprint density at radius 1 is 1.26 bits per heavy atom. The van der Waals surface area contributed by atoms with E-state index in [1.54, 1.807) is 0 Å². The van der Waals surface area contributed by atoms with E-state index in [1.807, 2.05) is 18.2 Å². The molecule has 0 amide bonds. The van der Waals surface area contributed by atoms with Gasteiger partial charge in [0.1, 0.15) is 5.82 Å². The summed E-state index contributed by atoms with van der Waals surface area (Å²) in [6.07, 6.45) is 2.42. The van der Waals surface area contributed by atoms with E-state index in [1.165, 1.54) is 18.4 Å². The van der Waals surface area contributed by atoms with E-state index in [4.69, 9.17) is 5.84 Å². The maximum Gasteiger partial charge on any atom is 0.161 e. The van der Waals surface area contributed by atoms with Crippen LogP contribution in [0.3, 0.4) is 0 Å². The van der Waals surface area contributed by atoms with Crippen molar-refractivity contribution in [2.75, 3.05) is 5.43 Å². The number of benzene rings is 1. The van der Waals surface area contributed by atoms with E-state index in [9.17, 15) is 0 Å². The summed E-state index contributed by atoms with van der Waals surface area (Å²) in [6, 6.07) is 8.06. The number of aryl methyl sites for hydroxylation is 1. The van der Waals surface area contributed by atoms with Gasteiger partial charge in [-0.25, -0.2) is 15.8 Å². The smallest absolute Gasteiger partial charge is 0.161 e. The SMILES string of the molecule is Cc1cc(-c2nc(NN)cc(C3CC3)n2)ccc1Br. The van der Waals surface area contributed by atoms with Gasteiger partial charge >= 0.3 is 0 Å². The molecule has 0 bridgehead atoms. The highest BCUT2D eigenvalue weighted by Gasteiger charge is 2.26. The second kappa shape index (κ2) is 4.90. The van der Waals surface area contributed by atoms with Gasteiger partial charge in [0, 0.05) is 27.7 Å². The third-order valence-corrected chi connectivity index (χ3v) is 4.20. The maximum atomic E-state index is 5.49. The lowest BCUT2D eigenvalue weighted by Gasteiger charge is -2.08. The van der Waals surface area contributed by atoms with Crippen molar-refractivity contribution in [3.63, 3.8) is 0 Å². The van der Waals surface area contributed by atoms with Crippen LogP contribution in [0, 0.1) is 6.92 Å². The first-order valence-corrected chi connectivity index (χ1v) is 7.09. The summed E-state index contributed by atoms with van der Waals surface area (Å²) in [6.45, 7) is 2.06. The summed E-state index contributed by atoms with van der Waals surface area (Å²) in [5.74, 6) is 7.47. The molecule has 3 rings (SSSR count). The molecule has 1 aliphatic carbocycles. The molecule has 1 heterocycles. The molecule has 4 nitrogen and oxygen atoms in total. The number of nitrogens with two attached hydrogens (primary N) is 1. The number of nitrogens with one attached hydrogen (secondary N) is 1. The molecule has 0 unspecified atom stereocenters. The highest BCUT2D eigenvalue weighted by atomic mass is 79.9. The van der Waals surface area contributed by atoms with Crippen molar-refractivity contribution in [2.24, 2.45) is 5.84 Å². The van der Waals surface area contributed by atoms with E-state index < -0.39 is 0 Å². The number of halogens is 1. The molecule has 1 fully saturated rings. The molecule has 5 heteroatoms. The summed E-state index contributed by atoms with van der Waals surface area (Å²) >= 11 is 3.50. The molecule has 1 aliphatic rings. The topological polar surface area (TPSA) is 63.8 Å². The number of hydrogen-bond donors (Lipinski definition) is 2. The van der Waals surface area contributed by atoms with Gasteiger partial charge in [-0.1, -0.05) is 22.0 Å². The molecule has 3 N–H and O–H groups in total. The highest BCUT2D eigenvalue weighted by Crippen LogP contribution is 2.40. The number of anilines is 1. The molecule has 1 aromatic heterocycles. The van der Waals surface area contributed by atoms with Crippen LogP contribution in [0.25, 0.3) is 11.4 Å². The Kier molecular flexibility index (Phi) is 3.24. The van der Waals surface area contributed by atoms with Gasteiger partial charge in [-0.2, -0.15) is 0 Å². The van der Waals surface area contributed by atoms with Gasteiger partial charge in [-0.05, 0) is 37.5 Å². The van der Waals surface area contributed by atoms with E-state index in [0.717, 1.165) is 21.6 Å². The Balaban J connectivity index is 2.07. The van der Waals surface area contributed by atoms with E-state index in [2.05, 4.69) is 44.3 Å². The summed E-state index contributed by atoms with van der Waals surface area (Å²) in [4.78, 5) is 9.10. The Morgan fingerprint density at radius 2 is 2.05 bits per heavy atom. The molecule has 2 aromatic rings. The van der Waals surface area contributed by atoms with Gasteiger partial charge in [0.25, 0.3) is 0 Å². The van der Waals surface area contributed by atoms with Gasteiger partial charge in [-0.3, -0.25) is 0 Å². The third-order valence-electron chi connectivity index (χ3n) is 3.31. The predicted molar refractivity (Wildman–Crippen MR) is 79.7 cm³/mol. The molecular formula is C14H15BrN4. The number of rotatable bonds is 3. The fourth-order valence-corrected chi connectivity index (χ4v) is 2.29. The van der Waals surface area contributed by atoms with Crippen LogP contribution in [-0.4, -0.2) is 9.97 Å². The highest BCUT2D eigenvalue weighted by molar-refractivity contribution is 9.10. The van der Waals surface area contributed by atoms with Crippen molar-refractivity contribution in [2.45, 2.75) is 25.7 Å². The first-order valence-electron chi connectivity index (χ1n) is 6.29. The first kappa shape index (κ1) is 12.6. The monoisotopic (exact) mass is 318 g/mol. The van der Waals surface area contributed by atoms with Crippen LogP contribution in [0.1, 0.15) is 30.0 Å². The normalized spacial score (nSPS) is 14.5. The van der Waals surface area contributed by atoms with E-state index in [0.29, 0.717) is 11.7 Å². The number of nitrogen functional groups attached to an aromatic ring is 1. The number of nitrogens with zero attached hydrogens (tertiary/aromatic N) is 2. The molecule has 98 valence electrons. The second-order valence-electron chi connectivity index (χ2n) is 4.88.